The summed E-state index contributed by atoms with van der Waals surface area (Å²) in [5.74, 6) is 3.00. The molecule has 0 fully saturated rings. The first-order chi connectivity index (χ1) is 20.7. The molecule has 220 valence electrons. The predicted octanol–water partition coefficient (Wildman–Crippen LogP) is 10.8. The van der Waals surface area contributed by atoms with Crippen molar-refractivity contribution >= 4 is 15.9 Å². The number of unbranched alkanes of at least 4 members (excludes halogenated alkanes) is 6. The van der Waals surface area contributed by atoms with Crippen LogP contribution in [0.5, 0.6) is 17.2 Å². The monoisotopic (exact) mass is 626 g/mol. The molecule has 0 spiro atoms. The van der Waals surface area contributed by atoms with Gasteiger partial charge in [-0.2, -0.15) is 0 Å². The van der Waals surface area contributed by atoms with Crippen LogP contribution in [0.15, 0.2) is 103 Å². The maximum Gasteiger partial charge on any atom is 0.153 e. The molecule has 5 rings (SSSR count). The van der Waals surface area contributed by atoms with Gasteiger partial charge < -0.3 is 14.2 Å². The maximum atomic E-state index is 6.37. The Balaban J connectivity index is 1.27. The first-order valence-electron chi connectivity index (χ1n) is 15.6. The second kappa shape index (κ2) is 15.8. The molecule has 3 atom stereocenters. The lowest BCUT2D eigenvalue weighted by molar-refractivity contribution is 0.245. The SMILES string of the molecule is CCCCCCCCCC(Br)Oc1ccc(C2c3ccc(OCc4ccccc4)cc3OCC2c2ccccc2)cc1. The van der Waals surface area contributed by atoms with Crippen LogP contribution in [-0.4, -0.2) is 11.6 Å². The summed E-state index contributed by atoms with van der Waals surface area (Å²) in [4.78, 5) is 0. The molecule has 1 aliphatic heterocycles. The van der Waals surface area contributed by atoms with Crippen LogP contribution >= 0.6 is 15.9 Å². The smallest absolute Gasteiger partial charge is 0.153 e. The van der Waals surface area contributed by atoms with Gasteiger partial charge in [0, 0.05) is 23.5 Å². The molecule has 1 aliphatic rings. The average Bonchev–Trinajstić information content (AvgIpc) is 3.04. The van der Waals surface area contributed by atoms with Crippen molar-refractivity contribution in [3.05, 3.63) is 125 Å². The van der Waals surface area contributed by atoms with Crippen LogP contribution in [0.4, 0.5) is 0 Å². The summed E-state index contributed by atoms with van der Waals surface area (Å²) < 4.78 is 18.7. The quantitative estimate of drug-likeness (QED) is 0.0970. The van der Waals surface area contributed by atoms with Gasteiger partial charge in [0.05, 0.1) is 6.61 Å². The van der Waals surface area contributed by atoms with E-state index in [0.29, 0.717) is 13.2 Å². The first kappa shape index (κ1) is 30.2. The Bertz CT molecular complexity index is 1340. The molecule has 0 radical (unpaired) electrons. The van der Waals surface area contributed by atoms with Crippen LogP contribution in [0, 0.1) is 0 Å². The minimum absolute atomic E-state index is 0.0363. The molecule has 4 aromatic rings. The molecule has 0 saturated carbocycles. The summed E-state index contributed by atoms with van der Waals surface area (Å²) >= 11 is 3.75. The Labute approximate surface area is 260 Å². The molecule has 4 aromatic carbocycles. The highest BCUT2D eigenvalue weighted by molar-refractivity contribution is 9.09. The van der Waals surface area contributed by atoms with E-state index in [-0.39, 0.29) is 16.8 Å². The molecule has 0 amide bonds. The van der Waals surface area contributed by atoms with Gasteiger partial charge in [0.1, 0.15) is 23.9 Å². The molecule has 4 heteroatoms. The molecular weight excluding hydrogens is 584 g/mol. The van der Waals surface area contributed by atoms with Crippen LogP contribution in [0.1, 0.15) is 92.4 Å². The summed E-state index contributed by atoms with van der Waals surface area (Å²) in [5.41, 5.74) is 4.88. The van der Waals surface area contributed by atoms with E-state index in [9.17, 15) is 0 Å². The number of hydrogen-bond donors (Lipinski definition) is 0. The number of alkyl halides is 1. The lowest BCUT2D eigenvalue weighted by atomic mass is 9.76. The second-order valence-electron chi connectivity index (χ2n) is 11.3. The molecule has 0 bridgehead atoms. The fourth-order valence-electron chi connectivity index (χ4n) is 5.84. The van der Waals surface area contributed by atoms with E-state index in [2.05, 4.69) is 102 Å². The second-order valence-corrected chi connectivity index (χ2v) is 12.3. The highest BCUT2D eigenvalue weighted by atomic mass is 79.9. The van der Waals surface area contributed by atoms with Gasteiger partial charge in [0.15, 0.2) is 5.01 Å². The van der Waals surface area contributed by atoms with E-state index in [0.717, 1.165) is 29.2 Å². The number of fused-ring (bicyclic) bond motifs is 1. The third-order valence-electron chi connectivity index (χ3n) is 8.15. The van der Waals surface area contributed by atoms with Crippen LogP contribution in [0.3, 0.4) is 0 Å². The number of ether oxygens (including phenoxy) is 3. The van der Waals surface area contributed by atoms with Gasteiger partial charge in [-0.1, -0.05) is 124 Å². The van der Waals surface area contributed by atoms with Crippen LogP contribution in [0.25, 0.3) is 0 Å². The zero-order valence-corrected chi connectivity index (χ0v) is 26.3. The van der Waals surface area contributed by atoms with E-state index in [4.69, 9.17) is 14.2 Å². The summed E-state index contributed by atoms with van der Waals surface area (Å²) in [6, 6.07) is 35.9. The van der Waals surface area contributed by atoms with Gasteiger partial charge in [-0.05, 0) is 63.7 Å². The summed E-state index contributed by atoms with van der Waals surface area (Å²) in [6.45, 7) is 3.41. The van der Waals surface area contributed by atoms with Crippen LogP contribution in [0.2, 0.25) is 0 Å². The number of rotatable bonds is 15. The van der Waals surface area contributed by atoms with E-state index in [1.54, 1.807) is 0 Å². The van der Waals surface area contributed by atoms with Gasteiger partial charge in [0.25, 0.3) is 0 Å². The standard InChI is InChI=1S/C38H43BrO3/c1-2-3-4-5-6-7-14-19-37(39)42-32-22-20-31(21-23-32)38-34-25-24-33(40-27-29-15-10-8-11-16-29)26-36(34)41-28-35(38)30-17-12-9-13-18-30/h8-13,15-18,20-26,35,37-38H,2-7,14,19,27-28H2,1H3. The molecule has 42 heavy (non-hydrogen) atoms. The average molecular weight is 628 g/mol. The summed E-state index contributed by atoms with van der Waals surface area (Å²) in [5, 5.41) is 0.0363. The molecular formula is C38H43BrO3. The van der Waals surface area contributed by atoms with Crippen molar-refractivity contribution in [3.63, 3.8) is 0 Å². The Hall–Kier alpha value is -3.24. The predicted molar refractivity (Wildman–Crippen MR) is 176 cm³/mol. The molecule has 1 heterocycles. The van der Waals surface area contributed by atoms with Gasteiger partial charge in [-0.15, -0.1) is 0 Å². The largest absolute Gasteiger partial charge is 0.492 e. The Kier molecular flexibility index (Phi) is 11.4. The normalized spacial score (nSPS) is 16.7. The van der Waals surface area contributed by atoms with Gasteiger partial charge >= 0.3 is 0 Å². The Morgan fingerprint density at radius 3 is 2.14 bits per heavy atom. The van der Waals surface area contributed by atoms with Crippen molar-refractivity contribution in [2.75, 3.05) is 6.61 Å². The number of benzene rings is 4. The topological polar surface area (TPSA) is 27.7 Å². The van der Waals surface area contributed by atoms with Crippen molar-refractivity contribution in [2.45, 2.75) is 81.7 Å². The zero-order valence-electron chi connectivity index (χ0n) is 24.7. The number of halogens is 1. The van der Waals surface area contributed by atoms with Crippen molar-refractivity contribution < 1.29 is 14.2 Å². The van der Waals surface area contributed by atoms with E-state index >= 15 is 0 Å². The highest BCUT2D eigenvalue weighted by Crippen LogP contribution is 2.47. The van der Waals surface area contributed by atoms with Crippen molar-refractivity contribution in [2.24, 2.45) is 0 Å². The lowest BCUT2D eigenvalue weighted by Crippen LogP contribution is -2.25. The van der Waals surface area contributed by atoms with E-state index in [1.165, 1.54) is 61.6 Å². The van der Waals surface area contributed by atoms with Gasteiger partial charge in [-0.25, -0.2) is 0 Å². The molecule has 3 nitrogen and oxygen atoms in total. The molecule has 0 N–H and O–H groups in total. The Morgan fingerprint density at radius 2 is 1.40 bits per heavy atom. The summed E-state index contributed by atoms with van der Waals surface area (Å²) in [7, 11) is 0. The minimum Gasteiger partial charge on any atom is -0.492 e. The van der Waals surface area contributed by atoms with Crippen molar-refractivity contribution in [1.29, 1.82) is 0 Å². The fraction of sp³-hybridized carbons (Fsp3) is 0.368. The van der Waals surface area contributed by atoms with Crippen LogP contribution < -0.4 is 14.2 Å². The van der Waals surface area contributed by atoms with E-state index < -0.39 is 0 Å². The number of hydrogen-bond acceptors (Lipinski definition) is 3. The maximum absolute atomic E-state index is 6.37. The van der Waals surface area contributed by atoms with Crippen molar-refractivity contribution in [3.8, 4) is 17.2 Å². The third-order valence-corrected chi connectivity index (χ3v) is 8.80. The molecule has 3 unspecified atom stereocenters. The Morgan fingerprint density at radius 1 is 0.738 bits per heavy atom. The zero-order chi connectivity index (χ0) is 29.0. The van der Waals surface area contributed by atoms with E-state index in [1.807, 2.05) is 24.3 Å². The molecule has 0 saturated heterocycles. The van der Waals surface area contributed by atoms with Crippen molar-refractivity contribution in [1.82, 2.24) is 0 Å². The highest BCUT2D eigenvalue weighted by Gasteiger charge is 2.33. The fourth-order valence-corrected chi connectivity index (χ4v) is 6.38. The molecule has 0 aliphatic carbocycles. The van der Waals surface area contributed by atoms with Gasteiger partial charge in [-0.3, -0.25) is 0 Å². The third kappa shape index (κ3) is 8.41. The van der Waals surface area contributed by atoms with Crippen LogP contribution in [-0.2, 0) is 6.61 Å². The minimum atomic E-state index is 0.0363. The van der Waals surface area contributed by atoms with Gasteiger partial charge in [0.2, 0.25) is 0 Å². The first-order valence-corrected chi connectivity index (χ1v) is 16.5. The summed E-state index contributed by atoms with van der Waals surface area (Å²) in [6.07, 6.45) is 10.2. The lowest BCUT2D eigenvalue weighted by Gasteiger charge is -2.35. The molecule has 0 aromatic heterocycles.